The lowest BCUT2D eigenvalue weighted by atomic mass is 9.47. The molecule has 1 spiro atoms. The van der Waals surface area contributed by atoms with Crippen molar-refractivity contribution in [3.05, 3.63) is 70.9 Å². The van der Waals surface area contributed by atoms with E-state index in [-0.39, 0.29) is 12.3 Å². The second-order valence-electron chi connectivity index (χ2n) is 18.1. The molecule has 5 aliphatic heterocycles. The number of aromatic nitrogens is 1. The van der Waals surface area contributed by atoms with E-state index >= 15 is 4.79 Å². The average Bonchev–Trinajstić information content (AvgIpc) is 3.92. The van der Waals surface area contributed by atoms with Crippen molar-refractivity contribution in [3.63, 3.8) is 0 Å². The minimum Gasteiger partial charge on any atom is -0.496 e. The Labute approximate surface area is 349 Å². The third kappa shape index (κ3) is 5.19. The van der Waals surface area contributed by atoms with E-state index < -0.39 is 63.5 Å². The van der Waals surface area contributed by atoms with Gasteiger partial charge in [0.1, 0.15) is 11.2 Å². The zero-order chi connectivity index (χ0) is 42.6. The zero-order valence-corrected chi connectivity index (χ0v) is 35.3. The number of aromatic amines is 1. The van der Waals surface area contributed by atoms with E-state index in [1.807, 2.05) is 50.3 Å². The maximum absolute atomic E-state index is 15.3. The van der Waals surface area contributed by atoms with Crippen LogP contribution in [-0.4, -0.2) is 133 Å². The number of H-pyrrole nitrogens is 1. The third-order valence-corrected chi connectivity index (χ3v) is 15.5. The largest absolute Gasteiger partial charge is 0.496 e. The van der Waals surface area contributed by atoms with Gasteiger partial charge in [0.15, 0.2) is 6.10 Å². The summed E-state index contributed by atoms with van der Waals surface area (Å²) < 4.78 is 23.7. The first-order valence-electron chi connectivity index (χ1n) is 21.3. The van der Waals surface area contributed by atoms with Crippen molar-refractivity contribution in [3.8, 4) is 5.75 Å². The summed E-state index contributed by atoms with van der Waals surface area (Å²) in [6, 6.07) is 9.97. The van der Waals surface area contributed by atoms with Gasteiger partial charge in [0.2, 0.25) is 12.0 Å². The van der Waals surface area contributed by atoms with Gasteiger partial charge >= 0.3 is 17.9 Å². The van der Waals surface area contributed by atoms with Crippen molar-refractivity contribution in [2.24, 2.45) is 11.3 Å². The summed E-state index contributed by atoms with van der Waals surface area (Å²) in [7, 11) is 4.09. The van der Waals surface area contributed by atoms with Crippen LogP contribution in [0.25, 0.3) is 10.9 Å². The van der Waals surface area contributed by atoms with E-state index in [2.05, 4.69) is 20.9 Å². The number of carbonyl (C=O) groups is 4. The van der Waals surface area contributed by atoms with Crippen LogP contribution >= 0.6 is 0 Å². The van der Waals surface area contributed by atoms with Crippen molar-refractivity contribution >= 4 is 40.9 Å². The summed E-state index contributed by atoms with van der Waals surface area (Å²) in [4.78, 5) is 66.1. The number of amides is 1. The van der Waals surface area contributed by atoms with Crippen LogP contribution in [0.2, 0.25) is 0 Å². The van der Waals surface area contributed by atoms with Crippen molar-refractivity contribution in [1.29, 1.82) is 0 Å². The van der Waals surface area contributed by atoms with Gasteiger partial charge in [-0.05, 0) is 74.2 Å². The molecule has 9 rings (SSSR count). The third-order valence-electron chi connectivity index (χ3n) is 15.5. The van der Waals surface area contributed by atoms with Crippen LogP contribution in [0.4, 0.5) is 5.69 Å². The van der Waals surface area contributed by atoms with Gasteiger partial charge in [-0.15, -0.1) is 0 Å². The quantitative estimate of drug-likeness (QED) is 0.131. The van der Waals surface area contributed by atoms with E-state index in [4.69, 9.17) is 18.9 Å². The summed E-state index contributed by atoms with van der Waals surface area (Å²) in [5.41, 5.74) is -3.15. The molecule has 10 atom stereocenters. The molecule has 1 saturated carbocycles. The Bertz CT molecular complexity index is 2310. The van der Waals surface area contributed by atoms with Crippen molar-refractivity contribution < 1.29 is 48.3 Å². The molecule has 2 saturated heterocycles. The number of esters is 3. The van der Waals surface area contributed by atoms with E-state index in [0.29, 0.717) is 99.5 Å². The average molecular weight is 825 g/mol. The highest BCUT2D eigenvalue weighted by molar-refractivity contribution is 5.96. The fraction of sp³-hybridized carbons (Fsp3) is 0.565. The SMILES string of the molecule is CC[C@]1(O)C[C@H]2CN(CCc3c([nH]c4ccccc34)[C@@](C(=O)OC)(c3cc4c(cc3OC)N(C=O)[C@H]3[C@@](O)(C(=O)OC)[C@H](OC(C)=O)[C@]5(CC)C=CCN6CC[C@]43[C@H]65)C2)C1. The van der Waals surface area contributed by atoms with Gasteiger partial charge in [0.25, 0.3) is 0 Å². The number of carbonyl (C=O) groups excluding carboxylic acids is 4. The highest BCUT2D eigenvalue weighted by Gasteiger charge is 2.81. The van der Waals surface area contributed by atoms with Gasteiger partial charge in [-0.3, -0.25) is 24.2 Å². The number of piperidine rings is 1. The Hall–Kier alpha value is -4.76. The molecule has 3 N–H and O–H groups in total. The number of hydrogen-bond acceptors (Lipinski definition) is 12. The van der Waals surface area contributed by atoms with Crippen LogP contribution in [0.1, 0.15) is 75.3 Å². The minimum absolute atomic E-state index is 0.155. The van der Waals surface area contributed by atoms with Gasteiger partial charge in [-0.1, -0.05) is 44.2 Å². The van der Waals surface area contributed by atoms with Crippen molar-refractivity contribution in [2.75, 3.05) is 59.0 Å². The number of benzene rings is 2. The molecule has 3 aromatic rings. The van der Waals surface area contributed by atoms with Gasteiger partial charge in [-0.25, -0.2) is 4.79 Å². The van der Waals surface area contributed by atoms with Crippen LogP contribution in [0.3, 0.4) is 0 Å². The molecule has 6 heterocycles. The van der Waals surface area contributed by atoms with E-state index in [0.717, 1.165) is 16.5 Å². The molecule has 1 amide bonds. The Morgan fingerprint density at radius 3 is 2.42 bits per heavy atom. The minimum atomic E-state index is -2.53. The molecular weight excluding hydrogens is 769 g/mol. The Morgan fingerprint density at radius 1 is 0.967 bits per heavy atom. The molecule has 14 heteroatoms. The lowest BCUT2D eigenvalue weighted by Gasteiger charge is -2.63. The van der Waals surface area contributed by atoms with Gasteiger partial charge in [0.05, 0.1) is 38.7 Å². The molecule has 320 valence electrons. The maximum Gasteiger partial charge on any atom is 0.344 e. The van der Waals surface area contributed by atoms with E-state index in [1.54, 1.807) is 6.07 Å². The molecule has 1 aromatic heterocycles. The summed E-state index contributed by atoms with van der Waals surface area (Å²) in [5, 5.41) is 26.3. The predicted octanol–water partition coefficient (Wildman–Crippen LogP) is 3.52. The van der Waals surface area contributed by atoms with Crippen molar-refractivity contribution in [2.45, 2.75) is 99.5 Å². The molecule has 3 fully saturated rings. The number of nitrogens with zero attached hydrogens (tertiary/aromatic N) is 3. The number of fused-ring (bicyclic) bond motifs is 6. The number of para-hydroxylation sites is 1. The second kappa shape index (κ2) is 14.1. The Morgan fingerprint density at radius 2 is 1.73 bits per heavy atom. The number of aliphatic hydroxyl groups is 2. The molecule has 14 nitrogen and oxygen atoms in total. The number of hydrogen-bond donors (Lipinski definition) is 3. The fourth-order valence-electron chi connectivity index (χ4n) is 13.4. The molecule has 6 aliphatic rings. The van der Waals surface area contributed by atoms with Crippen LogP contribution < -0.4 is 9.64 Å². The lowest BCUT2D eigenvalue weighted by molar-refractivity contribution is -0.228. The fourth-order valence-corrected chi connectivity index (χ4v) is 13.4. The van der Waals surface area contributed by atoms with E-state index in [9.17, 15) is 24.6 Å². The van der Waals surface area contributed by atoms with Crippen LogP contribution in [-0.2, 0) is 50.6 Å². The molecule has 0 radical (unpaired) electrons. The first-order chi connectivity index (χ1) is 28.8. The predicted molar refractivity (Wildman–Crippen MR) is 221 cm³/mol. The number of ether oxygens (including phenoxy) is 4. The number of anilines is 1. The maximum atomic E-state index is 15.3. The van der Waals surface area contributed by atoms with E-state index in [1.165, 1.54) is 33.2 Å². The normalized spacial score (nSPS) is 36.5. The lowest BCUT2D eigenvalue weighted by Crippen LogP contribution is -2.81. The summed E-state index contributed by atoms with van der Waals surface area (Å²) in [6.45, 7) is 8.16. The number of methoxy groups -OCH3 is 3. The smallest absolute Gasteiger partial charge is 0.344 e. The summed E-state index contributed by atoms with van der Waals surface area (Å²) in [5.74, 6) is -2.06. The summed E-state index contributed by atoms with van der Waals surface area (Å²) >= 11 is 0. The molecule has 1 aliphatic carbocycles. The molecule has 2 bridgehead atoms. The first kappa shape index (κ1) is 40.6. The molecule has 1 unspecified atom stereocenters. The van der Waals surface area contributed by atoms with Crippen LogP contribution in [0.15, 0.2) is 48.6 Å². The molecular formula is C46H56N4O10. The van der Waals surface area contributed by atoms with Gasteiger partial charge in [-0.2, -0.15) is 0 Å². The highest BCUT2D eigenvalue weighted by Crippen LogP contribution is 2.68. The highest BCUT2D eigenvalue weighted by atomic mass is 16.6. The number of rotatable bonds is 8. The topological polar surface area (TPSA) is 171 Å². The Balaban J connectivity index is 1.38. The van der Waals surface area contributed by atoms with Crippen molar-refractivity contribution in [1.82, 2.24) is 14.8 Å². The summed E-state index contributed by atoms with van der Waals surface area (Å²) in [6.07, 6.45) is 5.83. The van der Waals surface area contributed by atoms with Gasteiger partial charge in [0, 0.05) is 78.2 Å². The van der Waals surface area contributed by atoms with Gasteiger partial charge < -0.3 is 39.0 Å². The standard InChI is InChI=1S/C46H56N4O10/c1-7-42(55)22-28-23-45(40(53)58-5,36-30(14-18-48(24-28)25-42)29-12-9-10-13-33(29)47-36)32-20-31-34(21-35(32)57-4)50(26-51)38-44(31)16-19-49-17-11-15-43(8-2,37(44)49)39(60-27(3)52)46(38,56)41(54)59-6/h9-13,15,20-21,26,28,37-39,47,55-56H,7-8,14,16-19,22-25H2,1-6H3/t28-,37-,38-,39-,42+,43-,44-,45+,46+/m1/s1. The Kier molecular flexibility index (Phi) is 9.58. The number of nitrogens with one attached hydrogen (secondary N) is 1. The van der Waals surface area contributed by atoms with Crippen LogP contribution in [0, 0.1) is 11.3 Å². The molecule has 60 heavy (non-hydrogen) atoms. The molecule has 2 aromatic carbocycles. The second-order valence-corrected chi connectivity index (χ2v) is 18.1. The monoisotopic (exact) mass is 824 g/mol. The first-order valence-corrected chi connectivity index (χ1v) is 21.3. The van der Waals surface area contributed by atoms with Crippen LogP contribution in [0.5, 0.6) is 5.75 Å². The zero-order valence-electron chi connectivity index (χ0n) is 35.3.